The lowest BCUT2D eigenvalue weighted by Crippen LogP contribution is -2.52. The average molecular weight is 403 g/mol. The Morgan fingerprint density at radius 2 is 2.00 bits per heavy atom. The van der Waals surface area contributed by atoms with Crippen LogP contribution in [0.2, 0.25) is 0 Å². The van der Waals surface area contributed by atoms with E-state index in [0.29, 0.717) is 18.7 Å². The summed E-state index contributed by atoms with van der Waals surface area (Å²) in [6.45, 7) is 4.75. The van der Waals surface area contributed by atoms with E-state index in [0.717, 1.165) is 56.5 Å². The summed E-state index contributed by atoms with van der Waals surface area (Å²) in [5.74, 6) is 1.62. The Balaban J connectivity index is 1.47. The van der Waals surface area contributed by atoms with Crippen LogP contribution in [0.15, 0.2) is 24.3 Å². The SMILES string of the molecule is CCC/C=C/c1cc(OC)cc(OCC(O)CN2CCC3(CCC(=O)N3)CC2)c1. The number of β-amino-alcohol motifs (C(OH)–C–C–N with tert-alkyl or cyclic N) is 1. The van der Waals surface area contributed by atoms with Crippen LogP contribution in [-0.2, 0) is 4.79 Å². The first-order valence-corrected chi connectivity index (χ1v) is 10.7. The number of aliphatic hydroxyl groups is 1. The molecule has 2 N–H and O–H groups in total. The molecule has 0 bridgehead atoms. The van der Waals surface area contributed by atoms with Crippen molar-refractivity contribution < 1.29 is 19.4 Å². The summed E-state index contributed by atoms with van der Waals surface area (Å²) in [6.07, 6.45) is 9.29. The molecule has 2 aliphatic rings. The molecule has 2 heterocycles. The molecular weight excluding hydrogens is 368 g/mol. The molecule has 2 saturated heterocycles. The van der Waals surface area contributed by atoms with Crippen LogP contribution < -0.4 is 14.8 Å². The van der Waals surface area contributed by atoms with Crippen LogP contribution in [0.3, 0.4) is 0 Å². The quantitative estimate of drug-likeness (QED) is 0.664. The van der Waals surface area contributed by atoms with Gasteiger partial charge < -0.3 is 24.8 Å². The highest BCUT2D eigenvalue weighted by atomic mass is 16.5. The van der Waals surface area contributed by atoms with Crippen LogP contribution in [-0.4, -0.2) is 60.9 Å². The molecular formula is C23H34N2O4. The molecule has 6 nitrogen and oxygen atoms in total. The number of unbranched alkanes of at least 4 members (excludes halogenated alkanes) is 1. The molecule has 1 amide bonds. The largest absolute Gasteiger partial charge is 0.497 e. The van der Waals surface area contributed by atoms with Gasteiger partial charge in [0.1, 0.15) is 24.2 Å². The number of ether oxygens (including phenoxy) is 2. The van der Waals surface area contributed by atoms with Gasteiger partial charge in [0.2, 0.25) is 5.91 Å². The molecule has 0 radical (unpaired) electrons. The number of nitrogens with one attached hydrogen (secondary N) is 1. The molecule has 160 valence electrons. The van der Waals surface area contributed by atoms with E-state index in [1.54, 1.807) is 7.11 Å². The van der Waals surface area contributed by atoms with Crippen molar-refractivity contribution in [2.24, 2.45) is 0 Å². The fraction of sp³-hybridized carbons (Fsp3) is 0.609. The third-order valence-electron chi connectivity index (χ3n) is 5.86. The number of likely N-dealkylation sites (tertiary alicyclic amines) is 1. The number of hydrogen-bond acceptors (Lipinski definition) is 5. The summed E-state index contributed by atoms with van der Waals surface area (Å²) >= 11 is 0. The first kappa shape index (κ1) is 21.7. The van der Waals surface area contributed by atoms with Gasteiger partial charge in [0.25, 0.3) is 0 Å². The predicted octanol–water partition coefficient (Wildman–Crippen LogP) is 2.99. The Kier molecular flexibility index (Phi) is 7.56. The first-order chi connectivity index (χ1) is 14.0. The molecule has 1 aromatic carbocycles. The summed E-state index contributed by atoms with van der Waals surface area (Å²) in [7, 11) is 1.64. The second kappa shape index (κ2) is 10.1. The van der Waals surface area contributed by atoms with E-state index in [-0.39, 0.29) is 18.1 Å². The van der Waals surface area contributed by atoms with Crippen LogP contribution in [0.5, 0.6) is 11.5 Å². The van der Waals surface area contributed by atoms with Crippen molar-refractivity contribution in [1.82, 2.24) is 10.2 Å². The highest BCUT2D eigenvalue weighted by Gasteiger charge is 2.40. The summed E-state index contributed by atoms with van der Waals surface area (Å²) in [5.41, 5.74) is 1.03. The van der Waals surface area contributed by atoms with Gasteiger partial charge in [-0.3, -0.25) is 4.79 Å². The number of carbonyl (C=O) groups excluding carboxylic acids is 1. The summed E-state index contributed by atoms with van der Waals surface area (Å²) < 4.78 is 11.2. The number of benzene rings is 1. The monoisotopic (exact) mass is 402 g/mol. The molecule has 0 aliphatic carbocycles. The van der Waals surface area contributed by atoms with Gasteiger partial charge in [0.05, 0.1) is 7.11 Å². The molecule has 1 atom stereocenters. The molecule has 0 aromatic heterocycles. The van der Waals surface area contributed by atoms with Gasteiger partial charge in [0, 0.05) is 37.7 Å². The number of methoxy groups -OCH3 is 1. The number of nitrogens with zero attached hydrogens (tertiary/aromatic N) is 1. The van der Waals surface area contributed by atoms with Crippen molar-refractivity contribution >= 4 is 12.0 Å². The lowest BCUT2D eigenvalue weighted by Gasteiger charge is -2.39. The molecule has 2 fully saturated rings. The zero-order valence-electron chi connectivity index (χ0n) is 17.7. The number of rotatable bonds is 9. The van der Waals surface area contributed by atoms with Gasteiger partial charge in [-0.1, -0.05) is 25.5 Å². The number of amides is 1. The lowest BCUT2D eigenvalue weighted by molar-refractivity contribution is -0.120. The van der Waals surface area contributed by atoms with E-state index >= 15 is 0 Å². The van der Waals surface area contributed by atoms with Gasteiger partial charge in [-0.15, -0.1) is 0 Å². The van der Waals surface area contributed by atoms with E-state index in [9.17, 15) is 9.90 Å². The predicted molar refractivity (Wildman–Crippen MR) is 114 cm³/mol. The number of carbonyl (C=O) groups is 1. The van der Waals surface area contributed by atoms with Crippen molar-refractivity contribution in [3.05, 3.63) is 29.8 Å². The van der Waals surface area contributed by atoms with Gasteiger partial charge in [-0.05, 0) is 43.4 Å². The third-order valence-corrected chi connectivity index (χ3v) is 5.86. The minimum atomic E-state index is -0.562. The van der Waals surface area contributed by atoms with Crippen LogP contribution in [0.4, 0.5) is 0 Å². The van der Waals surface area contributed by atoms with E-state index < -0.39 is 6.10 Å². The Bertz CT molecular complexity index is 711. The van der Waals surface area contributed by atoms with Gasteiger partial charge in [-0.25, -0.2) is 0 Å². The lowest BCUT2D eigenvalue weighted by atomic mass is 9.86. The fourth-order valence-electron chi connectivity index (χ4n) is 4.13. The number of allylic oxidation sites excluding steroid dienone is 1. The molecule has 6 heteroatoms. The normalized spacial score (nSPS) is 20.2. The zero-order valence-corrected chi connectivity index (χ0v) is 17.7. The number of hydrogen-bond donors (Lipinski definition) is 2. The van der Waals surface area contributed by atoms with E-state index in [2.05, 4.69) is 29.3 Å². The van der Waals surface area contributed by atoms with Crippen molar-refractivity contribution in [3.8, 4) is 11.5 Å². The van der Waals surface area contributed by atoms with Crippen molar-refractivity contribution in [2.45, 2.75) is 57.1 Å². The van der Waals surface area contributed by atoms with Crippen LogP contribution in [0.1, 0.15) is 51.0 Å². The standard InChI is InChI=1S/C23H34N2O4/c1-3-4-5-6-18-13-20(28-2)15-21(14-18)29-17-19(26)16-25-11-9-23(10-12-25)8-7-22(27)24-23/h5-6,13-15,19,26H,3-4,7-12,16-17H2,1-2H3,(H,24,27)/b6-5+. The second-order valence-electron chi connectivity index (χ2n) is 8.23. The van der Waals surface area contributed by atoms with Crippen molar-refractivity contribution in [2.75, 3.05) is 33.4 Å². The van der Waals surface area contributed by atoms with Crippen LogP contribution >= 0.6 is 0 Å². The maximum atomic E-state index is 11.5. The van der Waals surface area contributed by atoms with E-state index in [1.165, 1.54) is 0 Å². The Hall–Kier alpha value is -2.05. The smallest absolute Gasteiger partial charge is 0.220 e. The second-order valence-corrected chi connectivity index (χ2v) is 8.23. The maximum Gasteiger partial charge on any atom is 0.220 e. The molecule has 1 aromatic rings. The average Bonchev–Trinajstić information content (AvgIpc) is 3.08. The molecule has 1 unspecified atom stereocenters. The van der Waals surface area contributed by atoms with E-state index in [1.807, 2.05) is 18.2 Å². The molecule has 2 aliphatic heterocycles. The van der Waals surface area contributed by atoms with Crippen molar-refractivity contribution in [3.63, 3.8) is 0 Å². The Morgan fingerprint density at radius 1 is 1.24 bits per heavy atom. The van der Waals surface area contributed by atoms with E-state index in [4.69, 9.17) is 9.47 Å². The summed E-state index contributed by atoms with van der Waals surface area (Å²) in [6, 6.07) is 5.78. The highest BCUT2D eigenvalue weighted by molar-refractivity contribution is 5.79. The fourth-order valence-corrected chi connectivity index (χ4v) is 4.13. The van der Waals surface area contributed by atoms with Crippen LogP contribution in [0, 0.1) is 0 Å². The van der Waals surface area contributed by atoms with Gasteiger partial charge in [0.15, 0.2) is 0 Å². The van der Waals surface area contributed by atoms with Gasteiger partial charge >= 0.3 is 0 Å². The minimum Gasteiger partial charge on any atom is -0.497 e. The number of piperidine rings is 1. The molecule has 0 saturated carbocycles. The molecule has 3 rings (SSSR count). The third kappa shape index (κ3) is 6.21. The molecule has 1 spiro atoms. The summed E-state index contributed by atoms with van der Waals surface area (Å²) in [5, 5.41) is 13.6. The minimum absolute atomic E-state index is 0.00266. The maximum absolute atomic E-state index is 11.5. The summed E-state index contributed by atoms with van der Waals surface area (Å²) in [4.78, 5) is 13.8. The topological polar surface area (TPSA) is 71.0 Å². The Morgan fingerprint density at radius 3 is 2.66 bits per heavy atom. The first-order valence-electron chi connectivity index (χ1n) is 10.7. The van der Waals surface area contributed by atoms with Crippen molar-refractivity contribution in [1.29, 1.82) is 0 Å². The van der Waals surface area contributed by atoms with Crippen LogP contribution in [0.25, 0.3) is 6.08 Å². The molecule has 29 heavy (non-hydrogen) atoms. The van der Waals surface area contributed by atoms with Gasteiger partial charge in [-0.2, -0.15) is 0 Å². The zero-order chi connectivity index (χ0) is 20.7. The highest BCUT2D eigenvalue weighted by Crippen LogP contribution is 2.31. The number of aliphatic hydroxyl groups excluding tert-OH is 1. The Labute approximate surface area is 173 Å².